The van der Waals surface area contributed by atoms with Crippen molar-refractivity contribution < 1.29 is 13.9 Å². The standard InChI is InChI=1S/C26H29BrN2O3S/c1-26(2,3)17-8-9-19-22(13-17)33-25(23(19)24(30)28-15-18-6-5-11-32-18)29-14-16-7-10-21(31-4)20(27)12-16/h5-7,10-12,14,17H,8-9,13,15H2,1-4H3,(H,28,30)/t17-/m0/s1. The van der Waals surface area contributed by atoms with Crippen LogP contribution in [0, 0.1) is 11.3 Å². The van der Waals surface area contributed by atoms with Gasteiger partial charge >= 0.3 is 0 Å². The summed E-state index contributed by atoms with van der Waals surface area (Å²) in [6.45, 7) is 7.26. The van der Waals surface area contributed by atoms with Crippen molar-refractivity contribution in [2.24, 2.45) is 16.3 Å². The molecule has 1 aliphatic carbocycles. The van der Waals surface area contributed by atoms with Crippen molar-refractivity contribution in [2.45, 2.75) is 46.6 Å². The summed E-state index contributed by atoms with van der Waals surface area (Å²) in [7, 11) is 1.64. The average molecular weight is 530 g/mol. The van der Waals surface area contributed by atoms with Crippen molar-refractivity contribution in [3.63, 3.8) is 0 Å². The molecule has 2 aromatic heterocycles. The van der Waals surface area contributed by atoms with Crippen molar-refractivity contribution in [1.29, 1.82) is 0 Å². The number of carbonyl (C=O) groups is 1. The first-order valence-electron chi connectivity index (χ1n) is 11.1. The number of hydrogen-bond acceptors (Lipinski definition) is 5. The number of methoxy groups -OCH3 is 1. The summed E-state index contributed by atoms with van der Waals surface area (Å²) in [5.41, 5.74) is 3.03. The van der Waals surface area contributed by atoms with E-state index in [1.54, 1.807) is 24.7 Å². The van der Waals surface area contributed by atoms with Gasteiger partial charge in [0.15, 0.2) is 0 Å². The molecular formula is C26H29BrN2O3S. The molecule has 0 bridgehead atoms. The minimum Gasteiger partial charge on any atom is -0.496 e. The molecule has 5 nitrogen and oxygen atoms in total. The highest BCUT2D eigenvalue weighted by Crippen LogP contribution is 2.45. The molecule has 7 heteroatoms. The summed E-state index contributed by atoms with van der Waals surface area (Å²) >= 11 is 5.17. The molecule has 1 aliphatic rings. The maximum Gasteiger partial charge on any atom is 0.255 e. The highest BCUT2D eigenvalue weighted by molar-refractivity contribution is 9.10. The van der Waals surface area contributed by atoms with Crippen LogP contribution in [-0.4, -0.2) is 19.2 Å². The number of rotatable bonds is 6. The second-order valence-corrected chi connectivity index (χ2v) is 11.3. The van der Waals surface area contributed by atoms with E-state index in [9.17, 15) is 4.79 Å². The largest absolute Gasteiger partial charge is 0.496 e. The maximum absolute atomic E-state index is 13.3. The summed E-state index contributed by atoms with van der Waals surface area (Å²) in [5, 5.41) is 3.78. The molecule has 0 saturated heterocycles. The number of amides is 1. The molecule has 0 fully saturated rings. The molecule has 33 heavy (non-hydrogen) atoms. The van der Waals surface area contributed by atoms with Gasteiger partial charge in [0, 0.05) is 11.1 Å². The molecule has 1 atom stereocenters. The molecule has 0 spiro atoms. The van der Waals surface area contributed by atoms with E-state index in [1.807, 2.05) is 36.5 Å². The highest BCUT2D eigenvalue weighted by atomic mass is 79.9. The molecule has 2 heterocycles. The van der Waals surface area contributed by atoms with Crippen LogP contribution in [0.1, 0.15) is 59.3 Å². The lowest BCUT2D eigenvalue weighted by atomic mass is 9.72. The Morgan fingerprint density at radius 2 is 2.18 bits per heavy atom. The van der Waals surface area contributed by atoms with Gasteiger partial charge in [-0.3, -0.25) is 4.79 Å². The fraction of sp³-hybridized carbons (Fsp3) is 0.385. The number of halogens is 1. The first-order valence-corrected chi connectivity index (χ1v) is 12.7. The van der Waals surface area contributed by atoms with Gasteiger partial charge in [-0.05, 0) is 88.0 Å². The minimum atomic E-state index is -0.0961. The average Bonchev–Trinajstić information content (AvgIpc) is 3.42. The molecule has 0 aliphatic heterocycles. The molecule has 0 saturated carbocycles. The number of ether oxygens (including phenoxy) is 1. The number of aliphatic imine (C=N–C) groups is 1. The number of carbonyl (C=O) groups excluding carboxylic acids is 1. The van der Waals surface area contributed by atoms with Crippen molar-refractivity contribution in [3.8, 4) is 5.75 Å². The summed E-state index contributed by atoms with van der Waals surface area (Å²) in [6, 6.07) is 9.49. The van der Waals surface area contributed by atoms with Gasteiger partial charge in [-0.25, -0.2) is 4.99 Å². The van der Waals surface area contributed by atoms with E-state index in [-0.39, 0.29) is 11.3 Å². The number of thiophene rings is 1. The minimum absolute atomic E-state index is 0.0961. The van der Waals surface area contributed by atoms with Crippen molar-refractivity contribution in [3.05, 3.63) is 68.4 Å². The summed E-state index contributed by atoms with van der Waals surface area (Å²) in [4.78, 5) is 19.3. The lowest BCUT2D eigenvalue weighted by Gasteiger charge is -2.33. The predicted octanol–water partition coefficient (Wildman–Crippen LogP) is 6.94. The Balaban J connectivity index is 1.65. The van der Waals surface area contributed by atoms with Crippen LogP contribution >= 0.6 is 27.3 Å². The van der Waals surface area contributed by atoms with E-state index in [2.05, 4.69) is 42.0 Å². The Labute approximate surface area is 207 Å². The molecule has 1 aromatic carbocycles. The van der Waals surface area contributed by atoms with E-state index >= 15 is 0 Å². The lowest BCUT2D eigenvalue weighted by Crippen LogP contribution is -2.28. The Morgan fingerprint density at radius 3 is 2.85 bits per heavy atom. The quantitative estimate of drug-likeness (QED) is 0.352. The smallest absolute Gasteiger partial charge is 0.255 e. The van der Waals surface area contributed by atoms with Gasteiger partial charge in [0.25, 0.3) is 5.91 Å². The topological polar surface area (TPSA) is 63.8 Å². The number of nitrogens with one attached hydrogen (secondary N) is 1. The molecule has 0 unspecified atom stereocenters. The van der Waals surface area contributed by atoms with E-state index in [0.29, 0.717) is 18.0 Å². The summed E-state index contributed by atoms with van der Waals surface area (Å²) < 4.78 is 11.6. The molecule has 4 rings (SSSR count). The third-order valence-electron chi connectivity index (χ3n) is 6.21. The fourth-order valence-corrected chi connectivity index (χ4v) is 6.03. The van der Waals surface area contributed by atoms with Crippen LogP contribution < -0.4 is 10.1 Å². The number of furan rings is 1. The number of nitrogens with zero attached hydrogens (tertiary/aromatic N) is 1. The number of benzene rings is 1. The van der Waals surface area contributed by atoms with Gasteiger partial charge in [-0.1, -0.05) is 20.8 Å². The Hall–Kier alpha value is -2.38. The third-order valence-corrected chi connectivity index (χ3v) is 7.99. The zero-order valence-corrected chi connectivity index (χ0v) is 21.8. The van der Waals surface area contributed by atoms with E-state index < -0.39 is 0 Å². The fourth-order valence-electron chi connectivity index (χ4n) is 4.20. The van der Waals surface area contributed by atoms with Gasteiger partial charge in [0.05, 0.1) is 30.0 Å². The zero-order chi connectivity index (χ0) is 23.6. The normalized spacial score (nSPS) is 16.1. The van der Waals surface area contributed by atoms with Gasteiger partial charge in [-0.15, -0.1) is 11.3 Å². The van der Waals surface area contributed by atoms with Gasteiger partial charge in [0.1, 0.15) is 16.5 Å². The van der Waals surface area contributed by atoms with Crippen LogP contribution in [0.25, 0.3) is 0 Å². The molecule has 1 N–H and O–H groups in total. The van der Waals surface area contributed by atoms with Crippen LogP contribution in [0.2, 0.25) is 0 Å². The predicted molar refractivity (Wildman–Crippen MR) is 137 cm³/mol. The summed E-state index contributed by atoms with van der Waals surface area (Å²) in [5.74, 6) is 2.00. The number of fused-ring (bicyclic) bond motifs is 1. The first kappa shape index (κ1) is 23.8. The van der Waals surface area contributed by atoms with E-state index in [4.69, 9.17) is 14.1 Å². The van der Waals surface area contributed by atoms with Crippen LogP contribution in [-0.2, 0) is 19.4 Å². The van der Waals surface area contributed by atoms with Crippen molar-refractivity contribution in [1.82, 2.24) is 5.32 Å². The second-order valence-electron chi connectivity index (χ2n) is 9.40. The molecule has 0 radical (unpaired) electrons. The Bertz CT molecular complexity index is 1160. The van der Waals surface area contributed by atoms with E-state index in [1.165, 1.54) is 4.88 Å². The molecule has 1 amide bonds. The van der Waals surface area contributed by atoms with Crippen molar-refractivity contribution in [2.75, 3.05) is 7.11 Å². The Kier molecular flexibility index (Phi) is 7.10. The highest BCUT2D eigenvalue weighted by Gasteiger charge is 2.33. The Morgan fingerprint density at radius 1 is 1.36 bits per heavy atom. The van der Waals surface area contributed by atoms with Crippen LogP contribution in [0.3, 0.4) is 0 Å². The second kappa shape index (κ2) is 9.85. The van der Waals surface area contributed by atoms with Gasteiger partial charge in [0.2, 0.25) is 0 Å². The van der Waals surface area contributed by atoms with Crippen LogP contribution in [0.4, 0.5) is 5.00 Å². The van der Waals surface area contributed by atoms with Gasteiger partial charge < -0.3 is 14.5 Å². The SMILES string of the molecule is COc1ccc(C=Nc2sc3c(c2C(=O)NCc2ccco2)CC[C@H](C(C)(C)C)C3)cc1Br. The van der Waals surface area contributed by atoms with Gasteiger partial charge in [-0.2, -0.15) is 0 Å². The van der Waals surface area contributed by atoms with E-state index in [0.717, 1.165) is 51.4 Å². The first-order chi connectivity index (χ1) is 15.8. The maximum atomic E-state index is 13.3. The van der Waals surface area contributed by atoms with Crippen LogP contribution in [0.5, 0.6) is 5.75 Å². The third kappa shape index (κ3) is 5.41. The van der Waals surface area contributed by atoms with Crippen molar-refractivity contribution >= 4 is 44.4 Å². The monoisotopic (exact) mass is 528 g/mol. The molecule has 3 aromatic rings. The summed E-state index contributed by atoms with van der Waals surface area (Å²) in [6.07, 6.45) is 6.40. The lowest BCUT2D eigenvalue weighted by molar-refractivity contribution is 0.0947. The molecule has 174 valence electrons. The molecular weight excluding hydrogens is 500 g/mol. The van der Waals surface area contributed by atoms with Crippen LogP contribution in [0.15, 0.2) is 50.5 Å². The number of hydrogen-bond donors (Lipinski definition) is 1. The zero-order valence-electron chi connectivity index (χ0n) is 19.4.